The molecule has 262 valence electrons. The topological polar surface area (TPSA) is 16.4 Å². The van der Waals surface area contributed by atoms with Crippen molar-refractivity contribution in [2.45, 2.75) is 0 Å². The van der Waals surface area contributed by atoms with Crippen LogP contribution in [0.25, 0.3) is 87.6 Å². The smallest absolute Gasteiger partial charge is 0.143 e. The highest BCUT2D eigenvalue weighted by Gasteiger charge is 2.19. The number of benzene rings is 10. The first-order chi connectivity index (χ1) is 27.8. The molecule has 10 aromatic carbocycles. The zero-order valence-corrected chi connectivity index (χ0v) is 30.6. The molecule has 2 heteroatoms. The molecule has 0 aliphatic heterocycles. The van der Waals surface area contributed by atoms with Crippen LogP contribution in [0, 0.1) is 0 Å². The van der Waals surface area contributed by atoms with Crippen molar-refractivity contribution in [1.82, 2.24) is 0 Å². The van der Waals surface area contributed by atoms with Gasteiger partial charge in [0.05, 0.1) is 5.69 Å². The lowest BCUT2D eigenvalue weighted by atomic mass is 9.93. The highest BCUT2D eigenvalue weighted by molar-refractivity contribution is 6.20. The minimum absolute atomic E-state index is 0.885. The molecular formula is C54H35NO. The van der Waals surface area contributed by atoms with Crippen LogP contribution in [0.15, 0.2) is 217 Å². The van der Waals surface area contributed by atoms with E-state index in [0.29, 0.717) is 0 Å². The van der Waals surface area contributed by atoms with Crippen molar-refractivity contribution in [2.24, 2.45) is 0 Å². The second-order valence-electron chi connectivity index (χ2n) is 14.5. The van der Waals surface area contributed by atoms with Crippen molar-refractivity contribution < 1.29 is 4.42 Å². The van der Waals surface area contributed by atoms with Gasteiger partial charge in [-0.25, -0.2) is 0 Å². The van der Waals surface area contributed by atoms with Crippen LogP contribution < -0.4 is 4.90 Å². The van der Waals surface area contributed by atoms with E-state index in [1.807, 2.05) is 0 Å². The molecule has 0 N–H and O–H groups in total. The average molecular weight is 714 g/mol. The first kappa shape index (κ1) is 32.0. The van der Waals surface area contributed by atoms with Gasteiger partial charge in [-0.15, -0.1) is 0 Å². The molecule has 56 heavy (non-hydrogen) atoms. The summed E-state index contributed by atoms with van der Waals surface area (Å²) in [6, 6.07) is 76.3. The molecule has 1 aromatic heterocycles. The Labute approximate surface area is 325 Å². The summed E-state index contributed by atoms with van der Waals surface area (Å²) in [5, 5.41) is 9.41. The summed E-state index contributed by atoms with van der Waals surface area (Å²) in [7, 11) is 0. The number of rotatable bonds is 6. The van der Waals surface area contributed by atoms with E-state index in [-0.39, 0.29) is 0 Å². The third-order valence-electron chi connectivity index (χ3n) is 11.2. The Hall–Kier alpha value is -7.42. The fraction of sp³-hybridized carbons (Fsp3) is 0. The number of hydrogen-bond donors (Lipinski definition) is 0. The van der Waals surface area contributed by atoms with E-state index in [1.54, 1.807) is 0 Å². The fourth-order valence-electron chi connectivity index (χ4n) is 8.53. The van der Waals surface area contributed by atoms with Crippen LogP contribution in [0.2, 0.25) is 0 Å². The molecule has 0 saturated carbocycles. The molecule has 0 spiro atoms. The summed E-state index contributed by atoms with van der Waals surface area (Å²) in [6.07, 6.45) is 0. The lowest BCUT2D eigenvalue weighted by molar-refractivity contribution is 0.673. The fourth-order valence-corrected chi connectivity index (χ4v) is 8.53. The summed E-state index contributed by atoms with van der Waals surface area (Å²) in [4.78, 5) is 2.36. The van der Waals surface area contributed by atoms with Gasteiger partial charge in [0.25, 0.3) is 0 Å². The number of furan rings is 1. The van der Waals surface area contributed by atoms with E-state index in [0.717, 1.165) is 50.0 Å². The van der Waals surface area contributed by atoms with Crippen molar-refractivity contribution in [3.63, 3.8) is 0 Å². The maximum Gasteiger partial charge on any atom is 0.143 e. The minimum Gasteiger partial charge on any atom is -0.455 e. The van der Waals surface area contributed by atoms with Crippen LogP contribution in [0.5, 0.6) is 0 Å². The molecule has 11 rings (SSSR count). The number of nitrogens with zero attached hydrogens (tertiary/aromatic N) is 1. The van der Waals surface area contributed by atoms with E-state index >= 15 is 0 Å². The molecule has 0 saturated heterocycles. The minimum atomic E-state index is 0.885. The number of para-hydroxylation sites is 1. The van der Waals surface area contributed by atoms with Gasteiger partial charge in [0.1, 0.15) is 11.2 Å². The molecule has 2 nitrogen and oxygen atoms in total. The van der Waals surface area contributed by atoms with Crippen LogP contribution in [0.3, 0.4) is 0 Å². The molecule has 0 amide bonds. The monoisotopic (exact) mass is 713 g/mol. The molecule has 0 atom stereocenters. The Morgan fingerprint density at radius 2 is 0.875 bits per heavy atom. The summed E-state index contributed by atoms with van der Waals surface area (Å²) in [6.45, 7) is 0. The third kappa shape index (κ3) is 5.34. The van der Waals surface area contributed by atoms with Crippen LogP contribution in [-0.2, 0) is 0 Å². The van der Waals surface area contributed by atoms with E-state index in [4.69, 9.17) is 4.42 Å². The second-order valence-corrected chi connectivity index (χ2v) is 14.5. The van der Waals surface area contributed by atoms with Crippen molar-refractivity contribution in [2.75, 3.05) is 4.90 Å². The third-order valence-corrected chi connectivity index (χ3v) is 11.2. The quantitative estimate of drug-likeness (QED) is 0.171. The number of anilines is 3. The van der Waals surface area contributed by atoms with Gasteiger partial charge in [0, 0.05) is 32.9 Å². The Kier molecular flexibility index (Phi) is 7.53. The lowest BCUT2D eigenvalue weighted by Crippen LogP contribution is -2.10. The predicted octanol–water partition coefficient (Wildman–Crippen LogP) is 15.5. The van der Waals surface area contributed by atoms with Gasteiger partial charge in [-0.3, -0.25) is 0 Å². The van der Waals surface area contributed by atoms with Crippen LogP contribution >= 0.6 is 0 Å². The number of hydrogen-bond acceptors (Lipinski definition) is 2. The summed E-state index contributed by atoms with van der Waals surface area (Å²) in [5.74, 6) is 0. The van der Waals surface area contributed by atoms with Gasteiger partial charge in [0.15, 0.2) is 0 Å². The molecule has 0 radical (unpaired) electrons. The maximum atomic E-state index is 6.81. The average Bonchev–Trinajstić information content (AvgIpc) is 3.65. The van der Waals surface area contributed by atoms with E-state index < -0.39 is 0 Å². The molecule has 0 aliphatic carbocycles. The lowest BCUT2D eigenvalue weighted by Gasteiger charge is -2.27. The summed E-state index contributed by atoms with van der Waals surface area (Å²) >= 11 is 0. The zero-order valence-electron chi connectivity index (χ0n) is 30.6. The van der Waals surface area contributed by atoms with Gasteiger partial charge in [-0.1, -0.05) is 158 Å². The molecule has 0 bridgehead atoms. The van der Waals surface area contributed by atoms with Gasteiger partial charge in [-0.2, -0.15) is 0 Å². The van der Waals surface area contributed by atoms with Crippen molar-refractivity contribution >= 4 is 71.3 Å². The van der Waals surface area contributed by atoms with Gasteiger partial charge in [0.2, 0.25) is 0 Å². The number of fused-ring (bicyclic) bond motifs is 7. The largest absolute Gasteiger partial charge is 0.455 e. The Balaban J connectivity index is 1.04. The van der Waals surface area contributed by atoms with Crippen molar-refractivity contribution in [1.29, 1.82) is 0 Å². The SMILES string of the molecule is c1ccc(-c2ccc(N(c3ccccc3)c3ccc(-c4ccc5c(c4)oc4c6ccccc6c(-c6ccc7ccccc7c6)cc54)c4ccccc34)cc2)cc1. The molecule has 11 aromatic rings. The summed E-state index contributed by atoms with van der Waals surface area (Å²) < 4.78 is 6.81. The van der Waals surface area contributed by atoms with E-state index in [1.165, 1.54) is 54.7 Å². The first-order valence-corrected chi connectivity index (χ1v) is 19.2. The summed E-state index contributed by atoms with van der Waals surface area (Å²) in [5.41, 5.74) is 12.3. The second kappa shape index (κ2) is 13.2. The zero-order chi connectivity index (χ0) is 37.0. The van der Waals surface area contributed by atoms with Crippen LogP contribution in [-0.4, -0.2) is 0 Å². The van der Waals surface area contributed by atoms with Gasteiger partial charge in [-0.05, 0) is 110 Å². The Morgan fingerprint density at radius 1 is 0.304 bits per heavy atom. The van der Waals surface area contributed by atoms with Crippen molar-refractivity contribution in [3.05, 3.63) is 212 Å². The van der Waals surface area contributed by atoms with E-state index in [2.05, 4.69) is 217 Å². The maximum absolute atomic E-state index is 6.81. The Bertz CT molecular complexity index is 3230. The standard InChI is InChI=1S/C54H35NO/c1-3-13-36(14-4-1)38-25-28-43(29-26-38)55(42-17-5-2-6-18-42)52-32-31-44(45-19-9-11-21-47(45)52)41-27-30-48-51-35-50(40-24-23-37-15-7-8-16-39(37)33-40)46-20-10-12-22-49(46)54(51)56-53(48)34-41/h1-35H. The predicted molar refractivity (Wildman–Crippen MR) is 237 cm³/mol. The van der Waals surface area contributed by atoms with Gasteiger partial charge < -0.3 is 9.32 Å². The van der Waals surface area contributed by atoms with Gasteiger partial charge >= 0.3 is 0 Å². The molecule has 1 heterocycles. The van der Waals surface area contributed by atoms with Crippen LogP contribution in [0.1, 0.15) is 0 Å². The molecule has 0 unspecified atom stereocenters. The van der Waals surface area contributed by atoms with Crippen LogP contribution in [0.4, 0.5) is 17.1 Å². The molecule has 0 aliphatic rings. The molecule has 0 fully saturated rings. The van der Waals surface area contributed by atoms with Crippen molar-refractivity contribution in [3.8, 4) is 33.4 Å². The molecular weight excluding hydrogens is 679 g/mol. The normalized spacial score (nSPS) is 11.6. The highest BCUT2D eigenvalue weighted by atomic mass is 16.3. The Morgan fingerprint density at radius 3 is 1.66 bits per heavy atom. The van der Waals surface area contributed by atoms with E-state index in [9.17, 15) is 0 Å². The first-order valence-electron chi connectivity index (χ1n) is 19.2. The highest BCUT2D eigenvalue weighted by Crippen LogP contribution is 2.45.